The molecule has 0 N–H and O–H groups in total. The lowest BCUT2D eigenvalue weighted by Gasteiger charge is -2.49. The monoisotopic (exact) mass is 239 g/mol. The van der Waals surface area contributed by atoms with Crippen LogP contribution in [0.1, 0.15) is 74.7 Å². The summed E-state index contributed by atoms with van der Waals surface area (Å²) in [6.45, 7) is 14.4. The molecule has 102 valence electrons. The summed E-state index contributed by atoms with van der Waals surface area (Å²) in [7, 11) is 0. The highest BCUT2D eigenvalue weighted by atomic mass is 15.3. The minimum absolute atomic E-state index is 0. The quantitative estimate of drug-likeness (QED) is 0.592. The highest BCUT2D eigenvalue weighted by Crippen LogP contribution is 2.47. The van der Waals surface area contributed by atoms with Crippen molar-refractivity contribution in [1.29, 1.82) is 0 Å². The maximum atomic E-state index is 2.81. The largest absolute Gasteiger partial charge is 0.293 e. The van der Waals surface area contributed by atoms with Crippen LogP contribution in [0.2, 0.25) is 0 Å². The number of rotatable bonds is 0. The third kappa shape index (κ3) is 2.86. The summed E-state index contributed by atoms with van der Waals surface area (Å²) < 4.78 is 0. The first-order valence-electron chi connectivity index (χ1n) is 6.98. The van der Waals surface area contributed by atoms with Crippen LogP contribution in [0.3, 0.4) is 0 Å². The molecule has 1 heteroatoms. The van der Waals surface area contributed by atoms with Gasteiger partial charge in [0.15, 0.2) is 0 Å². The van der Waals surface area contributed by atoms with Crippen LogP contribution >= 0.6 is 0 Å². The molecule has 0 aromatic heterocycles. The van der Waals surface area contributed by atoms with Crippen molar-refractivity contribution < 1.29 is 0 Å². The molecule has 2 atom stereocenters. The van der Waals surface area contributed by atoms with E-state index in [1.54, 1.807) is 0 Å². The topological polar surface area (TPSA) is 3.24 Å². The molecule has 2 fully saturated rings. The van der Waals surface area contributed by atoms with Gasteiger partial charge < -0.3 is 0 Å². The lowest BCUT2D eigenvalue weighted by molar-refractivity contribution is -0.00409. The van der Waals surface area contributed by atoms with Gasteiger partial charge >= 0.3 is 0 Å². The molecule has 17 heavy (non-hydrogen) atoms. The fourth-order valence-corrected chi connectivity index (χ4v) is 3.98. The summed E-state index contributed by atoms with van der Waals surface area (Å²) >= 11 is 0. The zero-order chi connectivity index (χ0) is 12.1. The molecular formula is C16H33N. The Labute approximate surface area is 109 Å². The molecule has 0 aliphatic carbocycles. The highest BCUT2D eigenvalue weighted by molar-refractivity contribution is 5.01. The summed E-state index contributed by atoms with van der Waals surface area (Å²) in [5.41, 5.74) is 0.875. The first-order valence-corrected chi connectivity index (χ1v) is 6.98. The van der Waals surface area contributed by atoms with E-state index in [1.807, 2.05) is 0 Å². The maximum Gasteiger partial charge on any atom is 0.0130 e. The molecule has 0 saturated carbocycles. The van der Waals surface area contributed by atoms with E-state index in [4.69, 9.17) is 0 Å². The van der Waals surface area contributed by atoms with Crippen molar-refractivity contribution in [3.05, 3.63) is 0 Å². The van der Waals surface area contributed by atoms with Crippen LogP contribution in [0.15, 0.2) is 0 Å². The lowest BCUT2D eigenvalue weighted by Crippen LogP contribution is -2.54. The Morgan fingerprint density at radius 2 is 1.24 bits per heavy atom. The summed E-state index contributed by atoms with van der Waals surface area (Å²) in [5.74, 6) is 0.934. The van der Waals surface area contributed by atoms with E-state index in [1.165, 1.54) is 25.7 Å². The van der Waals surface area contributed by atoms with Gasteiger partial charge in [-0.05, 0) is 57.8 Å². The van der Waals surface area contributed by atoms with Crippen molar-refractivity contribution >= 4 is 0 Å². The van der Waals surface area contributed by atoms with Crippen LogP contribution in [0.5, 0.6) is 0 Å². The summed E-state index contributed by atoms with van der Waals surface area (Å²) in [4.78, 5) is 2.81. The molecule has 0 aromatic carbocycles. The van der Waals surface area contributed by atoms with Crippen LogP contribution in [0.25, 0.3) is 0 Å². The van der Waals surface area contributed by atoms with Crippen LogP contribution in [0, 0.1) is 11.3 Å². The zero-order valence-electron chi connectivity index (χ0n) is 12.0. The second-order valence-electron chi connectivity index (χ2n) is 8.00. The fourth-order valence-electron chi connectivity index (χ4n) is 3.98. The third-order valence-electron chi connectivity index (χ3n) is 4.73. The minimum Gasteiger partial charge on any atom is -0.293 e. The second-order valence-corrected chi connectivity index (χ2v) is 8.00. The molecule has 2 unspecified atom stereocenters. The van der Waals surface area contributed by atoms with E-state index in [-0.39, 0.29) is 7.43 Å². The number of fused-ring (bicyclic) bond motifs is 2. The first kappa shape index (κ1) is 15.0. The standard InChI is InChI=1S/C15H29N.CH4/c1-14(2,3)11-9-12-7-8-13(10-11)16(12)15(4,5)6;/h11-13H,7-10H2,1-6H3;1H4. The minimum atomic E-state index is 0. The molecule has 1 nitrogen and oxygen atoms in total. The molecule has 2 rings (SSSR count). The van der Waals surface area contributed by atoms with Crippen LogP contribution in [0.4, 0.5) is 0 Å². The van der Waals surface area contributed by atoms with Crippen molar-refractivity contribution in [2.75, 3.05) is 0 Å². The number of hydrogen-bond donors (Lipinski definition) is 0. The van der Waals surface area contributed by atoms with Gasteiger partial charge in [-0.3, -0.25) is 4.90 Å². The molecule has 2 aliphatic rings. The molecule has 0 amide bonds. The maximum absolute atomic E-state index is 2.81. The van der Waals surface area contributed by atoms with Crippen molar-refractivity contribution in [2.45, 2.75) is 92.3 Å². The SMILES string of the molecule is C.CC(C)(C)C1CC2CCC(C1)N2C(C)(C)C. The molecule has 2 bridgehead atoms. The Balaban J connectivity index is 0.00000144. The number of piperidine rings is 1. The van der Waals surface area contributed by atoms with Gasteiger partial charge in [0, 0.05) is 17.6 Å². The summed E-state index contributed by atoms with van der Waals surface area (Å²) in [6, 6.07) is 1.73. The molecule has 0 spiro atoms. The molecule has 2 saturated heterocycles. The van der Waals surface area contributed by atoms with Gasteiger partial charge in [-0.1, -0.05) is 28.2 Å². The summed E-state index contributed by atoms with van der Waals surface area (Å²) in [5, 5.41) is 0. The third-order valence-corrected chi connectivity index (χ3v) is 4.73. The normalized spacial score (nSPS) is 34.6. The molecule has 0 aromatic rings. The van der Waals surface area contributed by atoms with Crippen LogP contribution in [-0.4, -0.2) is 22.5 Å². The van der Waals surface area contributed by atoms with Crippen molar-refractivity contribution in [2.24, 2.45) is 11.3 Å². The summed E-state index contributed by atoms with van der Waals surface area (Å²) in [6.07, 6.45) is 5.73. The smallest absolute Gasteiger partial charge is 0.0130 e. The van der Waals surface area contributed by atoms with Crippen molar-refractivity contribution in [3.63, 3.8) is 0 Å². The Morgan fingerprint density at radius 3 is 1.53 bits per heavy atom. The van der Waals surface area contributed by atoms with Gasteiger partial charge in [0.1, 0.15) is 0 Å². The number of hydrogen-bond acceptors (Lipinski definition) is 1. The molecule has 0 radical (unpaired) electrons. The van der Waals surface area contributed by atoms with Crippen LogP contribution < -0.4 is 0 Å². The van der Waals surface area contributed by atoms with Crippen molar-refractivity contribution in [1.82, 2.24) is 4.90 Å². The van der Waals surface area contributed by atoms with E-state index in [0.29, 0.717) is 11.0 Å². The van der Waals surface area contributed by atoms with Crippen LogP contribution in [-0.2, 0) is 0 Å². The van der Waals surface area contributed by atoms with Gasteiger partial charge in [0.25, 0.3) is 0 Å². The van der Waals surface area contributed by atoms with Gasteiger partial charge in [-0.25, -0.2) is 0 Å². The average Bonchev–Trinajstić information content (AvgIpc) is 2.35. The van der Waals surface area contributed by atoms with E-state index < -0.39 is 0 Å². The molecule has 2 aliphatic heterocycles. The zero-order valence-corrected chi connectivity index (χ0v) is 12.0. The highest BCUT2D eigenvalue weighted by Gasteiger charge is 2.47. The first-order chi connectivity index (χ1) is 7.19. The van der Waals surface area contributed by atoms with Gasteiger partial charge in [0.2, 0.25) is 0 Å². The van der Waals surface area contributed by atoms with E-state index >= 15 is 0 Å². The van der Waals surface area contributed by atoms with E-state index in [9.17, 15) is 0 Å². The molecular weight excluding hydrogens is 206 g/mol. The predicted molar refractivity (Wildman–Crippen MR) is 77.3 cm³/mol. The Kier molecular flexibility index (Phi) is 4.04. The van der Waals surface area contributed by atoms with E-state index in [0.717, 1.165) is 18.0 Å². The number of nitrogens with zero attached hydrogens (tertiary/aromatic N) is 1. The second kappa shape index (κ2) is 4.57. The van der Waals surface area contributed by atoms with E-state index in [2.05, 4.69) is 46.4 Å². The average molecular weight is 239 g/mol. The Bertz CT molecular complexity index is 242. The fraction of sp³-hybridized carbons (Fsp3) is 1.00. The van der Waals surface area contributed by atoms with Gasteiger partial charge in [-0.2, -0.15) is 0 Å². The molecule has 2 heterocycles. The lowest BCUT2D eigenvalue weighted by atomic mass is 9.72. The van der Waals surface area contributed by atoms with Gasteiger partial charge in [0.05, 0.1) is 0 Å². The predicted octanol–water partition coefficient (Wildman–Crippen LogP) is 4.71. The van der Waals surface area contributed by atoms with Gasteiger partial charge in [-0.15, -0.1) is 0 Å². The Morgan fingerprint density at radius 1 is 0.824 bits per heavy atom. The Hall–Kier alpha value is -0.0400. The van der Waals surface area contributed by atoms with Crippen molar-refractivity contribution in [3.8, 4) is 0 Å².